The van der Waals surface area contributed by atoms with Crippen molar-refractivity contribution in [2.45, 2.75) is 12.5 Å². The van der Waals surface area contributed by atoms with Crippen LogP contribution >= 0.6 is 0 Å². The first-order valence-electron chi connectivity index (χ1n) is 5.52. The summed E-state index contributed by atoms with van der Waals surface area (Å²) < 4.78 is 10.0. The van der Waals surface area contributed by atoms with E-state index in [2.05, 4.69) is 4.74 Å². The van der Waals surface area contributed by atoms with Crippen molar-refractivity contribution >= 4 is 17.6 Å². The van der Waals surface area contributed by atoms with Gasteiger partial charge in [-0.3, -0.25) is 4.79 Å². The second-order valence-corrected chi connectivity index (χ2v) is 4.33. The molecule has 96 valence electrons. The van der Waals surface area contributed by atoms with Crippen molar-refractivity contribution in [3.8, 4) is 0 Å². The number of amides is 1. The lowest BCUT2D eigenvalue weighted by molar-refractivity contribution is -0.137. The van der Waals surface area contributed by atoms with Crippen LogP contribution in [-0.2, 0) is 19.9 Å². The number of carbonyl (C=O) groups is 2. The Balaban J connectivity index is 2.60. The molecule has 1 aliphatic heterocycles. The number of anilines is 1. The highest BCUT2D eigenvalue weighted by molar-refractivity contribution is 6.07. The molecule has 0 saturated heterocycles. The molecule has 0 aliphatic carbocycles. The van der Waals surface area contributed by atoms with Gasteiger partial charge in [-0.2, -0.15) is 0 Å². The van der Waals surface area contributed by atoms with E-state index in [0.717, 1.165) is 5.69 Å². The second-order valence-electron chi connectivity index (χ2n) is 4.33. The lowest BCUT2D eigenvalue weighted by atomic mass is 9.95. The fourth-order valence-electron chi connectivity index (χ4n) is 2.20. The molecule has 1 aromatic carbocycles. The van der Waals surface area contributed by atoms with E-state index in [0.29, 0.717) is 11.1 Å². The summed E-state index contributed by atoms with van der Waals surface area (Å²) in [4.78, 5) is 25.2. The zero-order valence-electron chi connectivity index (χ0n) is 10.8. The molecule has 0 saturated carbocycles. The Kier molecular flexibility index (Phi) is 2.86. The third-order valence-corrected chi connectivity index (χ3v) is 3.41. The Hall–Kier alpha value is -1.88. The smallest absolute Gasteiger partial charge is 0.337 e. The Bertz CT molecular complexity index is 526. The minimum atomic E-state index is -1.05. The molecule has 0 fully saturated rings. The second kappa shape index (κ2) is 4.10. The molecule has 1 aromatic rings. The molecule has 1 heterocycles. The van der Waals surface area contributed by atoms with E-state index >= 15 is 0 Å². The topological polar surface area (TPSA) is 55.8 Å². The Labute approximate surface area is 105 Å². The predicted octanol–water partition coefficient (Wildman–Crippen LogP) is 1.31. The molecule has 1 aliphatic rings. The fraction of sp³-hybridized carbons (Fsp3) is 0.385. The summed E-state index contributed by atoms with van der Waals surface area (Å²) in [5, 5.41) is 0. The minimum Gasteiger partial charge on any atom is -0.465 e. The Morgan fingerprint density at radius 3 is 2.56 bits per heavy atom. The normalized spacial score (nSPS) is 22.0. The highest BCUT2D eigenvalue weighted by Gasteiger charge is 2.46. The molecule has 0 N–H and O–H groups in total. The molecular formula is C13H15NO4. The average molecular weight is 249 g/mol. The van der Waals surface area contributed by atoms with Crippen molar-refractivity contribution in [1.82, 2.24) is 0 Å². The van der Waals surface area contributed by atoms with Crippen molar-refractivity contribution in [2.24, 2.45) is 0 Å². The van der Waals surface area contributed by atoms with Crippen LogP contribution in [0.25, 0.3) is 0 Å². The van der Waals surface area contributed by atoms with E-state index in [1.54, 1.807) is 32.2 Å². The number of benzene rings is 1. The maximum Gasteiger partial charge on any atom is 0.337 e. The summed E-state index contributed by atoms with van der Waals surface area (Å²) in [6.45, 7) is 1.69. The minimum absolute atomic E-state index is 0.151. The van der Waals surface area contributed by atoms with Crippen molar-refractivity contribution < 1.29 is 19.1 Å². The van der Waals surface area contributed by atoms with Crippen molar-refractivity contribution in [3.63, 3.8) is 0 Å². The van der Waals surface area contributed by atoms with Gasteiger partial charge in [-0.25, -0.2) is 4.79 Å². The van der Waals surface area contributed by atoms with Gasteiger partial charge < -0.3 is 14.4 Å². The molecule has 2 rings (SSSR count). The van der Waals surface area contributed by atoms with Crippen LogP contribution in [0.1, 0.15) is 22.8 Å². The average Bonchev–Trinajstić information content (AvgIpc) is 2.60. The number of esters is 1. The Morgan fingerprint density at radius 2 is 2.00 bits per heavy atom. The van der Waals surface area contributed by atoms with E-state index in [4.69, 9.17) is 4.74 Å². The van der Waals surface area contributed by atoms with Gasteiger partial charge in [-0.05, 0) is 25.1 Å². The molecular weight excluding hydrogens is 234 g/mol. The van der Waals surface area contributed by atoms with Gasteiger partial charge >= 0.3 is 5.97 Å². The summed E-state index contributed by atoms with van der Waals surface area (Å²) in [6.07, 6.45) is 0. The maximum atomic E-state index is 12.2. The van der Waals surface area contributed by atoms with Gasteiger partial charge in [0, 0.05) is 19.7 Å². The third-order valence-electron chi connectivity index (χ3n) is 3.41. The first-order valence-corrected chi connectivity index (χ1v) is 5.52. The Morgan fingerprint density at radius 1 is 1.33 bits per heavy atom. The van der Waals surface area contributed by atoms with E-state index in [9.17, 15) is 9.59 Å². The summed E-state index contributed by atoms with van der Waals surface area (Å²) in [5.74, 6) is -0.583. The molecule has 0 radical (unpaired) electrons. The van der Waals surface area contributed by atoms with Crippen molar-refractivity contribution in [2.75, 3.05) is 26.2 Å². The number of carbonyl (C=O) groups excluding carboxylic acids is 2. The summed E-state index contributed by atoms with van der Waals surface area (Å²) in [5.41, 5.74) is 0.786. The largest absolute Gasteiger partial charge is 0.465 e. The molecule has 5 heteroatoms. The van der Waals surface area contributed by atoms with Gasteiger partial charge in [0.1, 0.15) is 0 Å². The molecule has 0 aromatic heterocycles. The van der Waals surface area contributed by atoms with Crippen LogP contribution in [0.5, 0.6) is 0 Å². The number of hydrogen-bond donors (Lipinski definition) is 0. The molecule has 5 nitrogen and oxygen atoms in total. The predicted molar refractivity (Wildman–Crippen MR) is 65.6 cm³/mol. The zero-order valence-corrected chi connectivity index (χ0v) is 10.8. The number of rotatable bonds is 2. The highest BCUT2D eigenvalue weighted by atomic mass is 16.5. The highest BCUT2D eigenvalue weighted by Crippen LogP contribution is 2.41. The van der Waals surface area contributed by atoms with Crippen LogP contribution in [0.2, 0.25) is 0 Å². The number of hydrogen-bond acceptors (Lipinski definition) is 4. The molecule has 0 spiro atoms. The lowest BCUT2D eigenvalue weighted by Gasteiger charge is -2.21. The number of likely N-dealkylation sites (N-methyl/N-ethyl adjacent to an activating group) is 1. The van der Waals surface area contributed by atoms with E-state index in [-0.39, 0.29) is 5.91 Å². The van der Waals surface area contributed by atoms with Gasteiger partial charge in [-0.1, -0.05) is 0 Å². The number of methoxy groups -OCH3 is 2. The first kappa shape index (κ1) is 12.6. The number of ether oxygens (including phenoxy) is 2. The lowest BCUT2D eigenvalue weighted by Crippen LogP contribution is -2.37. The third kappa shape index (κ3) is 1.51. The van der Waals surface area contributed by atoms with E-state index < -0.39 is 11.6 Å². The molecule has 1 amide bonds. The number of nitrogens with zero attached hydrogens (tertiary/aromatic N) is 1. The van der Waals surface area contributed by atoms with Crippen LogP contribution < -0.4 is 4.90 Å². The summed E-state index contributed by atoms with van der Waals surface area (Å²) >= 11 is 0. The molecule has 1 atom stereocenters. The zero-order chi connectivity index (χ0) is 13.5. The van der Waals surface area contributed by atoms with E-state index in [1.807, 2.05) is 0 Å². The van der Waals surface area contributed by atoms with Crippen LogP contribution in [0, 0.1) is 0 Å². The van der Waals surface area contributed by atoms with Crippen LogP contribution in [0.4, 0.5) is 5.69 Å². The van der Waals surface area contributed by atoms with Gasteiger partial charge in [0.15, 0.2) is 5.60 Å². The monoisotopic (exact) mass is 249 g/mol. The van der Waals surface area contributed by atoms with Crippen LogP contribution in [-0.4, -0.2) is 33.1 Å². The molecule has 0 bridgehead atoms. The summed E-state index contributed by atoms with van der Waals surface area (Å²) in [6, 6.07) is 5.01. The fourth-order valence-corrected chi connectivity index (χ4v) is 2.20. The van der Waals surface area contributed by atoms with Gasteiger partial charge in [0.25, 0.3) is 5.91 Å². The SMILES string of the molecule is COC(=O)c1ccc2c(c1)C(C)(OC)C(=O)N2C. The standard InChI is InChI=1S/C13H15NO4/c1-13(18-4)9-7-8(11(15)17-3)5-6-10(9)14(2)12(13)16/h5-7H,1-4H3. The van der Waals surface area contributed by atoms with Crippen LogP contribution in [0.15, 0.2) is 18.2 Å². The van der Waals surface area contributed by atoms with E-state index in [1.165, 1.54) is 19.1 Å². The molecule has 1 unspecified atom stereocenters. The quantitative estimate of drug-likeness (QED) is 0.742. The van der Waals surface area contributed by atoms with Crippen LogP contribution in [0.3, 0.4) is 0 Å². The number of fused-ring (bicyclic) bond motifs is 1. The van der Waals surface area contributed by atoms with Gasteiger partial charge in [-0.15, -0.1) is 0 Å². The van der Waals surface area contributed by atoms with Gasteiger partial charge in [0.2, 0.25) is 0 Å². The van der Waals surface area contributed by atoms with Crippen molar-refractivity contribution in [3.05, 3.63) is 29.3 Å². The van der Waals surface area contributed by atoms with Gasteiger partial charge in [0.05, 0.1) is 18.4 Å². The molecule has 18 heavy (non-hydrogen) atoms. The maximum absolute atomic E-state index is 12.2. The first-order chi connectivity index (χ1) is 8.45. The van der Waals surface area contributed by atoms with Crippen molar-refractivity contribution in [1.29, 1.82) is 0 Å². The summed E-state index contributed by atoms with van der Waals surface area (Å²) in [7, 11) is 4.48.